The van der Waals surface area contributed by atoms with Gasteiger partial charge in [-0.15, -0.1) is 0 Å². The first-order valence-corrected chi connectivity index (χ1v) is 7.11. The average molecular weight is 218 g/mol. The lowest BCUT2D eigenvalue weighted by atomic mass is 9.83. The van der Waals surface area contributed by atoms with Gasteiger partial charge in [-0.2, -0.15) is 0 Å². The molecule has 1 fully saturated rings. The van der Waals surface area contributed by atoms with Crippen molar-refractivity contribution in [3.8, 4) is 0 Å². The zero-order valence-corrected chi connectivity index (χ0v) is 9.69. The molecule has 0 aromatic rings. The Labute approximate surface area is 85.8 Å². The zero-order chi connectivity index (χ0) is 10.8. The van der Waals surface area contributed by atoms with Gasteiger partial charge < -0.3 is 0 Å². The van der Waals surface area contributed by atoms with Crippen LogP contribution in [0, 0.1) is 5.41 Å². The van der Waals surface area contributed by atoms with Crippen LogP contribution in [0.5, 0.6) is 0 Å². The summed E-state index contributed by atoms with van der Waals surface area (Å²) in [5.74, 6) is 0.127. The first kappa shape index (κ1) is 11.7. The van der Waals surface area contributed by atoms with E-state index in [0.717, 1.165) is 25.7 Å². The van der Waals surface area contributed by atoms with Crippen LogP contribution in [0.1, 0.15) is 39.0 Å². The second kappa shape index (κ2) is 4.01. The van der Waals surface area contributed by atoms with Gasteiger partial charge in [-0.1, -0.05) is 19.8 Å². The van der Waals surface area contributed by atoms with Gasteiger partial charge >= 0.3 is 0 Å². The molecule has 0 radical (unpaired) electrons. The molecule has 0 unspecified atom stereocenters. The van der Waals surface area contributed by atoms with Gasteiger partial charge in [-0.25, -0.2) is 8.42 Å². The highest BCUT2D eigenvalue weighted by Crippen LogP contribution is 2.39. The summed E-state index contributed by atoms with van der Waals surface area (Å²) >= 11 is 0. The van der Waals surface area contributed by atoms with E-state index in [1.54, 1.807) is 0 Å². The van der Waals surface area contributed by atoms with E-state index in [1.165, 1.54) is 6.26 Å². The fourth-order valence-corrected chi connectivity index (χ4v) is 2.57. The number of ketones is 1. The van der Waals surface area contributed by atoms with Crippen molar-refractivity contribution in [1.29, 1.82) is 0 Å². The van der Waals surface area contributed by atoms with Gasteiger partial charge in [-0.05, 0) is 12.8 Å². The van der Waals surface area contributed by atoms with Crippen molar-refractivity contribution in [2.45, 2.75) is 39.0 Å². The maximum Gasteiger partial charge on any atom is 0.147 e. The molecule has 1 saturated carbocycles. The molecule has 0 aromatic carbocycles. The van der Waals surface area contributed by atoms with E-state index in [1.807, 2.05) is 6.92 Å². The summed E-state index contributed by atoms with van der Waals surface area (Å²) < 4.78 is 21.8. The molecule has 4 heteroatoms. The molecule has 3 nitrogen and oxygen atoms in total. The van der Waals surface area contributed by atoms with Crippen LogP contribution in [0.4, 0.5) is 0 Å². The van der Waals surface area contributed by atoms with Crippen molar-refractivity contribution < 1.29 is 13.2 Å². The van der Waals surface area contributed by atoms with Crippen LogP contribution in [0.2, 0.25) is 0 Å². The zero-order valence-electron chi connectivity index (χ0n) is 8.88. The Morgan fingerprint density at radius 1 is 1.29 bits per heavy atom. The van der Waals surface area contributed by atoms with Crippen LogP contribution in [0.25, 0.3) is 0 Å². The fraction of sp³-hybridized carbons (Fsp3) is 0.900. The highest BCUT2D eigenvalue weighted by atomic mass is 32.2. The number of hydrogen-bond acceptors (Lipinski definition) is 3. The summed E-state index contributed by atoms with van der Waals surface area (Å²) in [5, 5.41) is 0. The number of carbonyl (C=O) groups excluding carboxylic acids is 1. The Kier molecular flexibility index (Phi) is 3.35. The summed E-state index contributed by atoms with van der Waals surface area (Å²) in [6.07, 6.45) is 5.42. The lowest BCUT2D eigenvalue weighted by Gasteiger charge is -2.21. The summed E-state index contributed by atoms with van der Waals surface area (Å²) in [7, 11) is -3.00. The largest absolute Gasteiger partial charge is 0.299 e. The van der Waals surface area contributed by atoms with E-state index >= 15 is 0 Å². The van der Waals surface area contributed by atoms with E-state index in [9.17, 15) is 13.2 Å². The summed E-state index contributed by atoms with van der Waals surface area (Å²) in [5.41, 5.74) is -0.231. The molecule has 0 aromatic heterocycles. The van der Waals surface area contributed by atoms with E-state index < -0.39 is 9.84 Å². The van der Waals surface area contributed by atoms with Crippen molar-refractivity contribution in [3.63, 3.8) is 0 Å². The molecule has 1 aliphatic carbocycles. The molecule has 82 valence electrons. The molecule has 0 spiro atoms. The molecule has 0 bridgehead atoms. The number of sulfone groups is 1. The molecule has 0 saturated heterocycles. The Morgan fingerprint density at radius 3 is 2.21 bits per heavy atom. The first-order valence-electron chi connectivity index (χ1n) is 5.05. The Morgan fingerprint density at radius 2 is 1.79 bits per heavy atom. The maximum absolute atomic E-state index is 11.7. The second-order valence-corrected chi connectivity index (χ2v) is 6.83. The van der Waals surface area contributed by atoms with Crippen molar-refractivity contribution >= 4 is 15.6 Å². The Bertz CT molecular complexity index is 310. The molecule has 0 N–H and O–H groups in total. The smallest absolute Gasteiger partial charge is 0.147 e. The van der Waals surface area contributed by atoms with Crippen molar-refractivity contribution in [1.82, 2.24) is 0 Å². The monoisotopic (exact) mass is 218 g/mol. The van der Waals surface area contributed by atoms with Crippen LogP contribution in [0.3, 0.4) is 0 Å². The van der Waals surface area contributed by atoms with E-state index in [2.05, 4.69) is 0 Å². The molecule has 1 rings (SSSR count). The van der Waals surface area contributed by atoms with Crippen LogP contribution in [0.15, 0.2) is 0 Å². The van der Waals surface area contributed by atoms with Crippen LogP contribution in [-0.4, -0.2) is 26.2 Å². The third-order valence-corrected chi connectivity index (χ3v) is 4.03. The van der Waals surface area contributed by atoms with Crippen molar-refractivity contribution in [2.24, 2.45) is 5.41 Å². The quantitative estimate of drug-likeness (QED) is 0.719. The SMILES string of the molecule is CC1(C(=O)CCS(C)(=O)=O)CCCC1. The summed E-state index contributed by atoms with van der Waals surface area (Å²) in [6, 6.07) is 0. The summed E-state index contributed by atoms with van der Waals surface area (Å²) in [4.78, 5) is 11.7. The van der Waals surface area contributed by atoms with Crippen LogP contribution < -0.4 is 0 Å². The minimum Gasteiger partial charge on any atom is -0.299 e. The fourth-order valence-electron chi connectivity index (χ4n) is 2.01. The van der Waals surface area contributed by atoms with Crippen molar-refractivity contribution in [2.75, 3.05) is 12.0 Å². The van der Waals surface area contributed by atoms with Gasteiger partial charge in [0.15, 0.2) is 0 Å². The summed E-state index contributed by atoms with van der Waals surface area (Å²) in [6.45, 7) is 1.96. The predicted molar refractivity (Wildman–Crippen MR) is 55.9 cm³/mol. The number of Topliss-reactive ketones (excluding diaryl/α,β-unsaturated/α-hetero) is 1. The minimum absolute atomic E-state index is 0.00141. The molecule has 0 aliphatic heterocycles. The van der Waals surface area contributed by atoms with Gasteiger partial charge in [0.05, 0.1) is 5.75 Å². The van der Waals surface area contributed by atoms with E-state index in [4.69, 9.17) is 0 Å². The topological polar surface area (TPSA) is 51.2 Å². The highest BCUT2D eigenvalue weighted by molar-refractivity contribution is 7.90. The lowest BCUT2D eigenvalue weighted by molar-refractivity contribution is -0.127. The van der Waals surface area contributed by atoms with Gasteiger partial charge in [0.2, 0.25) is 0 Å². The van der Waals surface area contributed by atoms with Crippen LogP contribution in [-0.2, 0) is 14.6 Å². The number of carbonyl (C=O) groups is 1. The molecule has 1 aliphatic rings. The van der Waals surface area contributed by atoms with Crippen molar-refractivity contribution in [3.05, 3.63) is 0 Å². The third kappa shape index (κ3) is 3.08. The van der Waals surface area contributed by atoms with Gasteiger partial charge in [-0.3, -0.25) is 4.79 Å². The molecule has 0 atom stereocenters. The van der Waals surface area contributed by atoms with Gasteiger partial charge in [0, 0.05) is 18.1 Å². The van der Waals surface area contributed by atoms with E-state index in [-0.39, 0.29) is 23.4 Å². The Hall–Kier alpha value is -0.380. The first-order chi connectivity index (χ1) is 6.33. The number of hydrogen-bond donors (Lipinski definition) is 0. The molecule has 14 heavy (non-hydrogen) atoms. The molecular weight excluding hydrogens is 200 g/mol. The normalized spacial score (nSPS) is 21.0. The lowest BCUT2D eigenvalue weighted by Crippen LogP contribution is -2.26. The average Bonchev–Trinajstić information content (AvgIpc) is 2.48. The third-order valence-electron chi connectivity index (χ3n) is 3.08. The minimum atomic E-state index is -3.00. The van der Waals surface area contributed by atoms with Gasteiger partial charge in [0.25, 0.3) is 0 Å². The van der Waals surface area contributed by atoms with Gasteiger partial charge in [0.1, 0.15) is 15.6 Å². The van der Waals surface area contributed by atoms with Crippen LogP contribution >= 0.6 is 0 Å². The molecule has 0 heterocycles. The second-order valence-electron chi connectivity index (χ2n) is 4.57. The van der Waals surface area contributed by atoms with E-state index in [0.29, 0.717) is 0 Å². The maximum atomic E-state index is 11.7. The molecular formula is C10H18O3S. The predicted octanol–water partition coefficient (Wildman–Crippen LogP) is 1.57. The molecule has 0 amide bonds. The Balaban J connectivity index is 2.50. The number of rotatable bonds is 4. The highest BCUT2D eigenvalue weighted by Gasteiger charge is 2.35. The standard InChI is InChI=1S/C10H18O3S/c1-10(6-3-4-7-10)9(11)5-8-14(2,12)13/h3-8H2,1-2H3.